The lowest BCUT2D eigenvalue weighted by atomic mass is 9.73. The largest absolute Gasteiger partial charge is 0.323 e. The molecule has 108 valence electrons. The summed E-state index contributed by atoms with van der Waals surface area (Å²) in [6, 6.07) is 5.51. The summed E-state index contributed by atoms with van der Waals surface area (Å²) < 4.78 is 16.1. The van der Waals surface area contributed by atoms with Gasteiger partial charge in [-0.1, -0.05) is 32.8 Å². The number of alkyl halides is 1. The van der Waals surface area contributed by atoms with Gasteiger partial charge in [-0.3, -0.25) is 0 Å². The molecule has 0 bridgehead atoms. The lowest BCUT2D eigenvalue weighted by molar-refractivity contribution is 0.145. The number of rotatable bonds is 2. The van der Waals surface area contributed by atoms with Crippen molar-refractivity contribution in [1.29, 1.82) is 0 Å². The van der Waals surface area contributed by atoms with Gasteiger partial charge in [-0.15, -0.1) is 11.6 Å². The van der Waals surface area contributed by atoms with Crippen LogP contribution in [0.4, 0.5) is 4.39 Å². The van der Waals surface area contributed by atoms with E-state index in [1.165, 1.54) is 25.3 Å². The molecule has 1 aliphatic carbocycles. The van der Waals surface area contributed by atoms with Crippen molar-refractivity contribution in [2.75, 3.05) is 0 Å². The van der Waals surface area contributed by atoms with Gasteiger partial charge < -0.3 is 4.57 Å². The molecular formula is C16H20ClFN2. The summed E-state index contributed by atoms with van der Waals surface area (Å²) in [6.07, 6.45) is 4.78. The van der Waals surface area contributed by atoms with Crippen molar-refractivity contribution >= 4 is 22.6 Å². The maximum Gasteiger partial charge on any atom is 0.151 e. The zero-order valence-corrected chi connectivity index (χ0v) is 12.8. The standard InChI is InChI=1S/C16H20ClFN2/c1-16(2)9-4-3-8-13(16)20-12-7-5-6-11(18)15(12)19-14(20)10-17/h5-7,13H,3-4,8-10H2,1-2H3. The minimum atomic E-state index is -0.263. The fourth-order valence-electron chi connectivity index (χ4n) is 3.53. The maximum atomic E-state index is 14.0. The summed E-state index contributed by atoms with van der Waals surface area (Å²) in [7, 11) is 0. The van der Waals surface area contributed by atoms with Gasteiger partial charge in [0, 0.05) is 6.04 Å². The van der Waals surface area contributed by atoms with Crippen molar-refractivity contribution < 1.29 is 4.39 Å². The summed E-state index contributed by atoms with van der Waals surface area (Å²) in [5.41, 5.74) is 1.52. The molecule has 1 saturated carbocycles. The van der Waals surface area contributed by atoms with E-state index in [0.717, 1.165) is 17.8 Å². The first-order chi connectivity index (χ1) is 9.54. The van der Waals surface area contributed by atoms with Gasteiger partial charge in [-0.2, -0.15) is 0 Å². The van der Waals surface area contributed by atoms with Crippen molar-refractivity contribution in [2.24, 2.45) is 5.41 Å². The van der Waals surface area contributed by atoms with Crippen LogP contribution in [0, 0.1) is 11.2 Å². The lowest BCUT2D eigenvalue weighted by Gasteiger charge is -2.40. The molecule has 20 heavy (non-hydrogen) atoms. The molecule has 1 fully saturated rings. The fraction of sp³-hybridized carbons (Fsp3) is 0.562. The Morgan fingerprint density at radius 1 is 1.40 bits per heavy atom. The number of para-hydroxylation sites is 1. The van der Waals surface area contributed by atoms with E-state index in [0.29, 0.717) is 17.4 Å². The molecule has 1 atom stereocenters. The van der Waals surface area contributed by atoms with Crippen LogP contribution in [0.25, 0.3) is 11.0 Å². The number of aromatic nitrogens is 2. The van der Waals surface area contributed by atoms with Gasteiger partial charge >= 0.3 is 0 Å². The van der Waals surface area contributed by atoms with Crippen LogP contribution in [0.1, 0.15) is 51.4 Å². The highest BCUT2D eigenvalue weighted by Crippen LogP contribution is 2.45. The van der Waals surface area contributed by atoms with Crippen LogP contribution in [-0.2, 0) is 5.88 Å². The molecule has 1 heterocycles. The van der Waals surface area contributed by atoms with Crippen LogP contribution in [0.3, 0.4) is 0 Å². The monoisotopic (exact) mass is 294 g/mol. The quantitative estimate of drug-likeness (QED) is 0.708. The number of fused-ring (bicyclic) bond motifs is 1. The van der Waals surface area contributed by atoms with Crippen molar-refractivity contribution in [2.45, 2.75) is 51.5 Å². The topological polar surface area (TPSA) is 17.8 Å². The summed E-state index contributed by atoms with van der Waals surface area (Å²) in [5, 5.41) is 0. The molecule has 0 saturated heterocycles. The zero-order valence-electron chi connectivity index (χ0n) is 12.0. The van der Waals surface area contributed by atoms with Crippen molar-refractivity contribution in [3.05, 3.63) is 29.8 Å². The van der Waals surface area contributed by atoms with Gasteiger partial charge in [0.05, 0.1) is 11.4 Å². The van der Waals surface area contributed by atoms with E-state index in [-0.39, 0.29) is 11.2 Å². The van der Waals surface area contributed by atoms with Gasteiger partial charge in [0.25, 0.3) is 0 Å². The van der Waals surface area contributed by atoms with Crippen molar-refractivity contribution in [1.82, 2.24) is 9.55 Å². The number of benzene rings is 1. The van der Waals surface area contributed by atoms with Crippen molar-refractivity contribution in [3.8, 4) is 0 Å². The molecular weight excluding hydrogens is 275 g/mol. The third-order valence-electron chi connectivity index (χ3n) is 4.63. The van der Waals surface area contributed by atoms with E-state index in [2.05, 4.69) is 23.4 Å². The Morgan fingerprint density at radius 2 is 2.20 bits per heavy atom. The summed E-state index contributed by atoms with van der Waals surface area (Å²) in [6.45, 7) is 4.58. The molecule has 4 heteroatoms. The molecule has 0 N–H and O–H groups in total. The Morgan fingerprint density at radius 3 is 2.90 bits per heavy atom. The normalized spacial score (nSPS) is 22.3. The Hall–Kier alpha value is -1.09. The van der Waals surface area contributed by atoms with Gasteiger partial charge in [-0.05, 0) is 30.4 Å². The van der Waals surface area contributed by atoms with Crippen LogP contribution >= 0.6 is 11.6 Å². The van der Waals surface area contributed by atoms with Crippen molar-refractivity contribution in [3.63, 3.8) is 0 Å². The Kier molecular flexibility index (Phi) is 3.49. The van der Waals surface area contributed by atoms with E-state index in [1.54, 1.807) is 6.07 Å². The molecule has 3 rings (SSSR count). The minimum absolute atomic E-state index is 0.193. The first kappa shape index (κ1) is 13.9. The fourth-order valence-corrected chi connectivity index (χ4v) is 3.72. The summed E-state index contributed by atoms with van der Waals surface area (Å²) >= 11 is 6.06. The second kappa shape index (κ2) is 5.03. The number of hydrogen-bond donors (Lipinski definition) is 0. The highest BCUT2D eigenvalue weighted by atomic mass is 35.5. The van der Waals surface area contributed by atoms with E-state index < -0.39 is 0 Å². The number of halogens is 2. The SMILES string of the molecule is CC1(C)CCCCC1n1c(CCl)nc2c(F)cccc21. The predicted molar refractivity (Wildman–Crippen MR) is 80.5 cm³/mol. The van der Waals surface area contributed by atoms with Gasteiger partial charge in [0.15, 0.2) is 5.82 Å². The average Bonchev–Trinajstić information content (AvgIpc) is 2.78. The molecule has 1 aliphatic rings. The first-order valence-electron chi connectivity index (χ1n) is 7.26. The molecule has 0 radical (unpaired) electrons. The van der Waals surface area contributed by atoms with Crippen LogP contribution in [0.2, 0.25) is 0 Å². The van der Waals surface area contributed by atoms with E-state index in [9.17, 15) is 4.39 Å². The number of imidazole rings is 1. The number of hydrogen-bond acceptors (Lipinski definition) is 1. The van der Waals surface area contributed by atoms with Crippen LogP contribution in [0.5, 0.6) is 0 Å². The molecule has 1 unspecified atom stereocenters. The molecule has 1 aromatic heterocycles. The van der Waals surface area contributed by atoms with Gasteiger partial charge in [-0.25, -0.2) is 9.37 Å². The first-order valence-corrected chi connectivity index (χ1v) is 7.79. The summed E-state index contributed by atoms with van der Waals surface area (Å²) in [4.78, 5) is 4.43. The predicted octanol–water partition coefficient (Wildman–Crippen LogP) is 5.06. The molecule has 0 aliphatic heterocycles. The zero-order chi connectivity index (χ0) is 14.3. The second-order valence-corrected chi connectivity index (χ2v) is 6.66. The third-order valence-corrected chi connectivity index (χ3v) is 4.86. The Labute approximate surface area is 123 Å². The van der Waals surface area contributed by atoms with Crippen LogP contribution in [-0.4, -0.2) is 9.55 Å². The highest BCUT2D eigenvalue weighted by Gasteiger charge is 2.35. The molecule has 0 amide bonds. The highest BCUT2D eigenvalue weighted by molar-refractivity contribution is 6.16. The van der Waals surface area contributed by atoms with E-state index in [1.807, 2.05) is 6.07 Å². The van der Waals surface area contributed by atoms with Crippen LogP contribution < -0.4 is 0 Å². The van der Waals surface area contributed by atoms with Gasteiger partial charge in [0.2, 0.25) is 0 Å². The average molecular weight is 295 g/mol. The van der Waals surface area contributed by atoms with Gasteiger partial charge in [0.1, 0.15) is 11.3 Å². The smallest absolute Gasteiger partial charge is 0.151 e. The van der Waals surface area contributed by atoms with E-state index >= 15 is 0 Å². The second-order valence-electron chi connectivity index (χ2n) is 6.39. The molecule has 1 aromatic carbocycles. The maximum absolute atomic E-state index is 14.0. The van der Waals surface area contributed by atoms with Crippen LogP contribution in [0.15, 0.2) is 18.2 Å². The summed E-state index contributed by atoms with van der Waals surface area (Å²) in [5.74, 6) is 0.841. The third kappa shape index (κ3) is 2.12. The molecule has 2 aromatic rings. The number of nitrogens with zero attached hydrogens (tertiary/aromatic N) is 2. The molecule has 2 nitrogen and oxygen atoms in total. The Bertz CT molecular complexity index is 633. The minimum Gasteiger partial charge on any atom is -0.323 e. The molecule has 0 spiro atoms. The lowest BCUT2D eigenvalue weighted by Crippen LogP contribution is -2.31. The van der Waals surface area contributed by atoms with E-state index in [4.69, 9.17) is 11.6 Å². The Balaban J connectivity index is 2.21.